The number of amides is 1. The highest BCUT2D eigenvalue weighted by Crippen LogP contribution is 2.27. The fourth-order valence-electron chi connectivity index (χ4n) is 2.94. The molecule has 0 radical (unpaired) electrons. The number of halogens is 1. The van der Waals surface area contributed by atoms with Gasteiger partial charge in [-0.05, 0) is 25.5 Å². The minimum absolute atomic E-state index is 0.0167. The van der Waals surface area contributed by atoms with Crippen LogP contribution < -0.4 is 5.84 Å². The van der Waals surface area contributed by atoms with Crippen molar-refractivity contribution in [3.8, 4) is 11.4 Å². The van der Waals surface area contributed by atoms with Gasteiger partial charge < -0.3 is 10.7 Å². The number of hydrogen-bond donors (Lipinski definition) is 1. The summed E-state index contributed by atoms with van der Waals surface area (Å²) in [6.45, 7) is 1.68. The lowest BCUT2D eigenvalue weighted by molar-refractivity contribution is -0.130. The van der Waals surface area contributed by atoms with Gasteiger partial charge in [0.2, 0.25) is 11.1 Å². The standard InChI is InChI=1S/C16H20FN5O3S2/c1-10(15(23)21(2)11-7-8-27(24,25)9-11)26-16-20-19-14(22(16)18)12-5-3-4-6-13(12)17/h3-6,10-11H,7-9,18H2,1-2H3/t10-,11+/m1/s1. The second kappa shape index (κ2) is 7.47. The Labute approximate surface area is 160 Å². The van der Waals surface area contributed by atoms with Crippen LogP contribution in [0.4, 0.5) is 4.39 Å². The lowest BCUT2D eigenvalue weighted by Crippen LogP contribution is -2.41. The maximum atomic E-state index is 13.9. The summed E-state index contributed by atoms with van der Waals surface area (Å²) in [5.41, 5.74) is 0.214. The van der Waals surface area contributed by atoms with Crippen LogP contribution in [0.15, 0.2) is 29.4 Å². The molecule has 0 bridgehead atoms. The number of nitrogens with zero attached hydrogens (tertiary/aromatic N) is 4. The third-order valence-corrected chi connectivity index (χ3v) is 7.31. The highest BCUT2D eigenvalue weighted by molar-refractivity contribution is 8.00. The first-order chi connectivity index (χ1) is 12.7. The second-order valence-electron chi connectivity index (χ2n) is 6.42. The van der Waals surface area contributed by atoms with E-state index in [1.54, 1.807) is 32.2 Å². The average molecular weight is 414 g/mol. The van der Waals surface area contributed by atoms with E-state index in [-0.39, 0.29) is 40.0 Å². The van der Waals surface area contributed by atoms with Crippen LogP contribution in [0, 0.1) is 5.82 Å². The Morgan fingerprint density at radius 2 is 2.11 bits per heavy atom. The molecule has 2 aromatic rings. The molecular formula is C16H20FN5O3S2. The van der Waals surface area contributed by atoms with Crippen molar-refractivity contribution < 1.29 is 17.6 Å². The Morgan fingerprint density at radius 3 is 2.74 bits per heavy atom. The van der Waals surface area contributed by atoms with Gasteiger partial charge in [0.1, 0.15) is 5.82 Å². The molecule has 0 saturated carbocycles. The van der Waals surface area contributed by atoms with Gasteiger partial charge in [0.15, 0.2) is 15.7 Å². The Bertz CT molecular complexity index is 963. The lowest BCUT2D eigenvalue weighted by atomic mass is 10.2. The van der Waals surface area contributed by atoms with E-state index < -0.39 is 20.9 Å². The molecule has 1 aliphatic heterocycles. The van der Waals surface area contributed by atoms with Crippen molar-refractivity contribution in [2.75, 3.05) is 24.4 Å². The first kappa shape index (κ1) is 19.6. The summed E-state index contributed by atoms with van der Waals surface area (Å²) in [6, 6.07) is 5.74. The molecule has 1 aliphatic rings. The van der Waals surface area contributed by atoms with E-state index >= 15 is 0 Å². The average Bonchev–Trinajstić information content (AvgIpc) is 3.17. The number of aromatic nitrogens is 3. The largest absolute Gasteiger partial charge is 0.341 e. The highest BCUT2D eigenvalue weighted by atomic mass is 32.2. The van der Waals surface area contributed by atoms with Crippen LogP contribution in [0.25, 0.3) is 11.4 Å². The molecule has 1 fully saturated rings. The quantitative estimate of drug-likeness (QED) is 0.573. The molecule has 27 heavy (non-hydrogen) atoms. The van der Waals surface area contributed by atoms with E-state index in [0.29, 0.717) is 6.42 Å². The van der Waals surface area contributed by atoms with Crippen LogP contribution >= 0.6 is 11.8 Å². The molecule has 0 aliphatic carbocycles. The maximum Gasteiger partial charge on any atom is 0.235 e. The number of thioether (sulfide) groups is 1. The first-order valence-corrected chi connectivity index (χ1v) is 11.0. The molecule has 1 amide bonds. The summed E-state index contributed by atoms with van der Waals surface area (Å²) in [5, 5.41) is 7.58. The van der Waals surface area contributed by atoms with Crippen LogP contribution in [0.1, 0.15) is 13.3 Å². The Kier molecular flexibility index (Phi) is 5.43. The third-order valence-electron chi connectivity index (χ3n) is 4.51. The van der Waals surface area contributed by atoms with Crippen molar-refractivity contribution in [2.45, 2.75) is 29.8 Å². The van der Waals surface area contributed by atoms with Crippen LogP contribution in [0.2, 0.25) is 0 Å². The van der Waals surface area contributed by atoms with Gasteiger partial charge in [0, 0.05) is 13.1 Å². The van der Waals surface area contributed by atoms with Crippen LogP contribution in [0.5, 0.6) is 0 Å². The highest BCUT2D eigenvalue weighted by Gasteiger charge is 2.34. The van der Waals surface area contributed by atoms with E-state index in [1.165, 1.54) is 11.0 Å². The van der Waals surface area contributed by atoms with Crippen LogP contribution in [0.3, 0.4) is 0 Å². The molecule has 0 spiro atoms. The molecular weight excluding hydrogens is 393 g/mol. The molecule has 1 aromatic carbocycles. The number of nitrogens with two attached hydrogens (primary N) is 1. The molecule has 2 N–H and O–H groups in total. The maximum absolute atomic E-state index is 13.9. The van der Waals surface area contributed by atoms with E-state index in [4.69, 9.17) is 5.84 Å². The molecule has 1 aromatic heterocycles. The van der Waals surface area contributed by atoms with Gasteiger partial charge in [0.05, 0.1) is 22.3 Å². The number of hydrogen-bond acceptors (Lipinski definition) is 7. The molecule has 146 valence electrons. The molecule has 1 saturated heterocycles. The molecule has 0 unspecified atom stereocenters. The number of carbonyl (C=O) groups excluding carboxylic acids is 1. The van der Waals surface area contributed by atoms with Gasteiger partial charge in [-0.15, -0.1) is 10.2 Å². The second-order valence-corrected chi connectivity index (χ2v) is 9.96. The van der Waals surface area contributed by atoms with Crippen molar-refractivity contribution in [1.82, 2.24) is 19.8 Å². The SMILES string of the molecule is C[C@@H](Sc1nnc(-c2ccccc2F)n1N)C(=O)N(C)[C@H]1CCS(=O)(=O)C1. The number of benzene rings is 1. The Balaban J connectivity index is 1.72. The summed E-state index contributed by atoms with van der Waals surface area (Å²) >= 11 is 1.09. The van der Waals surface area contributed by atoms with Gasteiger partial charge in [-0.3, -0.25) is 4.79 Å². The first-order valence-electron chi connectivity index (χ1n) is 8.29. The smallest absolute Gasteiger partial charge is 0.235 e. The van der Waals surface area contributed by atoms with Crippen molar-refractivity contribution in [3.63, 3.8) is 0 Å². The zero-order valence-corrected chi connectivity index (χ0v) is 16.5. The number of nitrogen functional groups attached to an aromatic ring is 1. The zero-order valence-electron chi connectivity index (χ0n) is 14.9. The topological polar surface area (TPSA) is 111 Å². The zero-order chi connectivity index (χ0) is 19.8. The van der Waals surface area contributed by atoms with Gasteiger partial charge in [0.25, 0.3) is 0 Å². The van der Waals surface area contributed by atoms with Gasteiger partial charge >= 0.3 is 0 Å². The van der Waals surface area contributed by atoms with Gasteiger partial charge in [-0.2, -0.15) is 0 Å². The predicted molar refractivity (Wildman–Crippen MR) is 101 cm³/mol. The van der Waals surface area contributed by atoms with Gasteiger partial charge in [-0.25, -0.2) is 17.5 Å². The summed E-state index contributed by atoms with van der Waals surface area (Å²) in [5.74, 6) is 5.53. The lowest BCUT2D eigenvalue weighted by Gasteiger charge is -2.26. The van der Waals surface area contributed by atoms with Crippen molar-refractivity contribution in [1.29, 1.82) is 0 Å². The monoisotopic (exact) mass is 413 g/mol. The van der Waals surface area contributed by atoms with Crippen molar-refractivity contribution in [3.05, 3.63) is 30.1 Å². The summed E-state index contributed by atoms with van der Waals surface area (Å²) in [7, 11) is -1.48. The van der Waals surface area contributed by atoms with E-state index in [0.717, 1.165) is 16.4 Å². The normalized spacial score (nSPS) is 19.7. The minimum Gasteiger partial charge on any atom is -0.341 e. The molecule has 2 heterocycles. The van der Waals surface area contributed by atoms with Crippen LogP contribution in [-0.2, 0) is 14.6 Å². The fourth-order valence-corrected chi connectivity index (χ4v) is 5.59. The van der Waals surface area contributed by atoms with E-state index in [9.17, 15) is 17.6 Å². The molecule has 8 nitrogen and oxygen atoms in total. The number of rotatable bonds is 5. The Morgan fingerprint density at radius 1 is 1.41 bits per heavy atom. The van der Waals surface area contributed by atoms with E-state index in [1.807, 2.05) is 0 Å². The van der Waals surface area contributed by atoms with Crippen molar-refractivity contribution >= 4 is 27.5 Å². The summed E-state index contributed by atoms with van der Waals surface area (Å²) < 4.78 is 38.3. The number of sulfone groups is 1. The van der Waals surface area contributed by atoms with Gasteiger partial charge in [-0.1, -0.05) is 23.9 Å². The molecule has 11 heteroatoms. The third kappa shape index (κ3) is 4.08. The summed E-state index contributed by atoms with van der Waals surface area (Å²) in [6.07, 6.45) is 0.437. The molecule has 2 atom stereocenters. The Hall–Kier alpha value is -2.14. The molecule has 3 rings (SSSR count). The predicted octanol–water partition coefficient (Wildman–Crippen LogP) is 0.924. The van der Waals surface area contributed by atoms with E-state index in [2.05, 4.69) is 10.2 Å². The number of carbonyl (C=O) groups is 1. The summed E-state index contributed by atoms with van der Waals surface area (Å²) in [4.78, 5) is 14.1. The fraction of sp³-hybridized carbons (Fsp3) is 0.438. The van der Waals surface area contributed by atoms with Crippen molar-refractivity contribution in [2.24, 2.45) is 0 Å². The minimum atomic E-state index is -3.08. The van der Waals surface area contributed by atoms with Crippen LogP contribution in [-0.4, -0.2) is 63.9 Å².